The molecule has 0 saturated carbocycles. The molecule has 0 aliphatic carbocycles. The van der Waals surface area contributed by atoms with E-state index in [-0.39, 0.29) is 0 Å². The fraction of sp³-hybridized carbons (Fsp3) is 0.909. The molecule has 0 N–H and O–H groups in total. The van der Waals surface area contributed by atoms with Gasteiger partial charge in [-0.25, -0.2) is 0 Å². The molecule has 1 aliphatic heterocycles. The van der Waals surface area contributed by atoms with Crippen molar-refractivity contribution in [1.82, 2.24) is 0 Å². The van der Waals surface area contributed by atoms with E-state index in [9.17, 15) is 0 Å². The highest BCUT2D eigenvalue weighted by Gasteiger charge is 2.22. The summed E-state index contributed by atoms with van der Waals surface area (Å²) in [7, 11) is 0. The van der Waals surface area contributed by atoms with Gasteiger partial charge in [-0.1, -0.05) is 26.7 Å². The van der Waals surface area contributed by atoms with Gasteiger partial charge in [0.2, 0.25) is 0 Å². The molecule has 0 bridgehead atoms. The normalized spacial score (nSPS) is 18.2. The topological polar surface area (TPSA) is 9.23 Å². The van der Waals surface area contributed by atoms with E-state index in [0.29, 0.717) is 0 Å². The second kappa shape index (κ2) is 5.58. The molecule has 1 rings (SSSR count). The largest absolute Gasteiger partial charge is 0.381 e. The van der Waals surface area contributed by atoms with E-state index in [1.807, 2.05) is 0 Å². The van der Waals surface area contributed by atoms with E-state index >= 15 is 0 Å². The summed E-state index contributed by atoms with van der Waals surface area (Å²) >= 11 is 0. The van der Waals surface area contributed by atoms with Crippen LogP contribution in [0, 0.1) is 11.8 Å². The van der Waals surface area contributed by atoms with Gasteiger partial charge in [0.25, 0.3) is 0 Å². The third-order valence-electron chi connectivity index (χ3n) is 2.49. The van der Waals surface area contributed by atoms with E-state index in [2.05, 4.69) is 13.8 Å². The summed E-state index contributed by atoms with van der Waals surface area (Å²) in [4.78, 5) is 0. The molecule has 1 fully saturated rings. The molecule has 1 nitrogen and oxygen atoms in total. The number of rotatable bonds is 6. The third kappa shape index (κ3) is 3.14. The molecule has 1 saturated heterocycles. The summed E-state index contributed by atoms with van der Waals surface area (Å²) < 4.78 is 5.18. The molecule has 12 heavy (non-hydrogen) atoms. The summed E-state index contributed by atoms with van der Waals surface area (Å²) in [6.07, 6.45) is 6.63. The highest BCUT2D eigenvalue weighted by molar-refractivity contribution is 4.92. The lowest BCUT2D eigenvalue weighted by atomic mass is 9.87. The van der Waals surface area contributed by atoms with Crippen molar-refractivity contribution in [2.45, 2.75) is 46.0 Å². The van der Waals surface area contributed by atoms with Gasteiger partial charge >= 0.3 is 0 Å². The van der Waals surface area contributed by atoms with E-state index < -0.39 is 0 Å². The zero-order chi connectivity index (χ0) is 8.81. The van der Waals surface area contributed by atoms with Crippen LogP contribution < -0.4 is 0 Å². The van der Waals surface area contributed by atoms with Crippen molar-refractivity contribution in [1.29, 1.82) is 0 Å². The van der Waals surface area contributed by atoms with Gasteiger partial charge in [-0.05, 0) is 25.2 Å². The van der Waals surface area contributed by atoms with Gasteiger partial charge in [-0.15, -0.1) is 0 Å². The van der Waals surface area contributed by atoms with Gasteiger partial charge in [0, 0.05) is 5.92 Å². The van der Waals surface area contributed by atoms with Crippen LogP contribution in [0.2, 0.25) is 0 Å². The zero-order valence-electron chi connectivity index (χ0n) is 8.44. The predicted octanol–water partition coefficient (Wildman–Crippen LogP) is 3.20. The molecule has 0 aromatic heterocycles. The van der Waals surface area contributed by atoms with Gasteiger partial charge in [0.15, 0.2) is 0 Å². The van der Waals surface area contributed by atoms with Crippen LogP contribution in [-0.4, -0.2) is 13.2 Å². The maximum Gasteiger partial charge on any atom is 0.0516 e. The zero-order valence-corrected chi connectivity index (χ0v) is 8.44. The first kappa shape index (κ1) is 10.0. The van der Waals surface area contributed by atoms with E-state index in [4.69, 9.17) is 4.74 Å². The standard InChI is InChI=1S/C11H21O/c1-3-5-10(6-4-2)7-11-8-12-9-11/h11H,3-9H2,1-2H3. The summed E-state index contributed by atoms with van der Waals surface area (Å²) in [5.74, 6) is 2.63. The van der Waals surface area contributed by atoms with Gasteiger partial charge in [0.1, 0.15) is 0 Å². The molecule has 1 aliphatic rings. The maximum absolute atomic E-state index is 5.18. The minimum atomic E-state index is 0.859. The van der Waals surface area contributed by atoms with E-state index in [0.717, 1.165) is 19.1 Å². The first-order valence-electron chi connectivity index (χ1n) is 5.28. The van der Waals surface area contributed by atoms with Crippen molar-refractivity contribution in [3.63, 3.8) is 0 Å². The smallest absolute Gasteiger partial charge is 0.0516 e. The number of ether oxygens (including phenoxy) is 1. The third-order valence-corrected chi connectivity index (χ3v) is 2.49. The van der Waals surface area contributed by atoms with Crippen LogP contribution >= 0.6 is 0 Å². The predicted molar refractivity (Wildman–Crippen MR) is 52.0 cm³/mol. The Morgan fingerprint density at radius 2 is 1.75 bits per heavy atom. The average Bonchev–Trinajstić information content (AvgIpc) is 1.97. The molecule has 1 heterocycles. The van der Waals surface area contributed by atoms with Crippen LogP contribution in [0.1, 0.15) is 46.0 Å². The summed E-state index contributed by atoms with van der Waals surface area (Å²) in [6.45, 7) is 6.56. The van der Waals surface area contributed by atoms with Crippen molar-refractivity contribution in [3.8, 4) is 0 Å². The molecule has 0 spiro atoms. The molecular formula is C11H21O. The lowest BCUT2D eigenvalue weighted by molar-refractivity contribution is -0.0344. The second-order valence-electron chi connectivity index (χ2n) is 3.86. The first-order valence-corrected chi connectivity index (χ1v) is 5.28. The Morgan fingerprint density at radius 3 is 2.08 bits per heavy atom. The van der Waals surface area contributed by atoms with Crippen molar-refractivity contribution in [3.05, 3.63) is 5.92 Å². The van der Waals surface area contributed by atoms with Crippen molar-refractivity contribution >= 4 is 0 Å². The molecule has 71 valence electrons. The van der Waals surface area contributed by atoms with Crippen LogP contribution in [0.5, 0.6) is 0 Å². The second-order valence-corrected chi connectivity index (χ2v) is 3.86. The average molecular weight is 169 g/mol. The molecule has 1 radical (unpaired) electrons. The van der Waals surface area contributed by atoms with Gasteiger partial charge in [0.05, 0.1) is 13.2 Å². The Hall–Kier alpha value is -0.0400. The quantitative estimate of drug-likeness (QED) is 0.593. The molecule has 0 unspecified atom stereocenters. The molecule has 0 atom stereocenters. The molecule has 0 aromatic carbocycles. The summed E-state index contributed by atoms with van der Waals surface area (Å²) in [5, 5.41) is 0. The molecule has 1 heteroatoms. The SMILES string of the molecule is CCC[C](CCC)CC1COC1. The van der Waals surface area contributed by atoms with Crippen LogP contribution in [0.4, 0.5) is 0 Å². The Kier molecular flexibility index (Phi) is 4.67. The van der Waals surface area contributed by atoms with Crippen LogP contribution in [0.25, 0.3) is 0 Å². The fourth-order valence-electron chi connectivity index (χ4n) is 1.85. The highest BCUT2D eigenvalue weighted by Crippen LogP contribution is 2.27. The monoisotopic (exact) mass is 169 g/mol. The highest BCUT2D eigenvalue weighted by atomic mass is 16.5. The minimum absolute atomic E-state index is 0.859. The van der Waals surface area contributed by atoms with Gasteiger partial charge in [-0.2, -0.15) is 0 Å². The lowest BCUT2D eigenvalue weighted by Gasteiger charge is -2.29. The molecule has 0 aromatic rings. The molecular weight excluding hydrogens is 148 g/mol. The van der Waals surface area contributed by atoms with Crippen LogP contribution in [-0.2, 0) is 4.74 Å². The van der Waals surface area contributed by atoms with Gasteiger partial charge in [-0.3, -0.25) is 0 Å². The Balaban J connectivity index is 2.11. The van der Waals surface area contributed by atoms with Crippen LogP contribution in [0.3, 0.4) is 0 Å². The lowest BCUT2D eigenvalue weighted by Crippen LogP contribution is -2.29. The Bertz CT molecular complexity index is 102. The first-order chi connectivity index (χ1) is 5.86. The van der Waals surface area contributed by atoms with Gasteiger partial charge < -0.3 is 4.74 Å². The van der Waals surface area contributed by atoms with Crippen molar-refractivity contribution < 1.29 is 4.74 Å². The van der Waals surface area contributed by atoms with Crippen LogP contribution in [0.15, 0.2) is 0 Å². The number of hydrogen-bond acceptors (Lipinski definition) is 1. The van der Waals surface area contributed by atoms with Crippen molar-refractivity contribution in [2.75, 3.05) is 13.2 Å². The molecule has 0 amide bonds. The Labute approximate surface area is 76.5 Å². The fourth-order valence-corrected chi connectivity index (χ4v) is 1.85. The minimum Gasteiger partial charge on any atom is -0.381 e. The number of hydrogen-bond donors (Lipinski definition) is 0. The summed E-state index contributed by atoms with van der Waals surface area (Å²) in [5.41, 5.74) is 0. The van der Waals surface area contributed by atoms with E-state index in [1.165, 1.54) is 32.1 Å². The Morgan fingerprint density at radius 1 is 1.17 bits per heavy atom. The van der Waals surface area contributed by atoms with E-state index in [1.54, 1.807) is 5.92 Å². The maximum atomic E-state index is 5.18. The van der Waals surface area contributed by atoms with Crippen molar-refractivity contribution in [2.24, 2.45) is 5.92 Å². The summed E-state index contributed by atoms with van der Waals surface area (Å²) in [6, 6.07) is 0.